The van der Waals surface area contributed by atoms with Gasteiger partial charge in [-0.15, -0.1) is 0 Å². The summed E-state index contributed by atoms with van der Waals surface area (Å²) in [7, 11) is 1.64. The van der Waals surface area contributed by atoms with Crippen LogP contribution < -0.4 is 15.2 Å². The number of benzene rings is 2. The van der Waals surface area contributed by atoms with Crippen LogP contribution in [0.5, 0.6) is 11.5 Å². The van der Waals surface area contributed by atoms with Crippen LogP contribution in [0.15, 0.2) is 65.6 Å². The Kier molecular flexibility index (Phi) is 6.50. The molecule has 1 aliphatic rings. The van der Waals surface area contributed by atoms with Gasteiger partial charge in [-0.25, -0.2) is 19.1 Å². The molecule has 0 amide bonds. The molecule has 1 saturated carbocycles. The maximum Gasteiger partial charge on any atom is 0.423 e. The minimum Gasteiger partial charge on any atom is -0.493 e. The van der Waals surface area contributed by atoms with Crippen LogP contribution in [0.25, 0.3) is 28.0 Å². The lowest BCUT2D eigenvalue weighted by atomic mass is 10.1. The normalized spacial score (nSPS) is 14.2. The van der Waals surface area contributed by atoms with Crippen LogP contribution in [-0.4, -0.2) is 39.0 Å². The van der Waals surface area contributed by atoms with Crippen molar-refractivity contribution < 1.29 is 19.0 Å². The van der Waals surface area contributed by atoms with Crippen molar-refractivity contribution in [1.82, 2.24) is 14.1 Å². The number of aromatic nitrogens is 3. The average Bonchev–Trinajstić information content (AvgIpc) is 3.48. The minimum atomic E-state index is -0.738. The molecular weight excluding hydrogens is 470 g/mol. The molecule has 0 N–H and O–H groups in total. The van der Waals surface area contributed by atoms with Crippen LogP contribution >= 0.6 is 0 Å². The van der Waals surface area contributed by atoms with Gasteiger partial charge in [0.15, 0.2) is 11.5 Å². The molecule has 0 atom stereocenters. The summed E-state index contributed by atoms with van der Waals surface area (Å²) in [6.45, 7) is 5.29. The maximum atomic E-state index is 13.4. The lowest BCUT2D eigenvalue weighted by molar-refractivity contribution is 0.0538. The summed E-state index contributed by atoms with van der Waals surface area (Å²) in [4.78, 5) is 30.9. The number of fused-ring (bicyclic) bond motifs is 1. The zero-order valence-electron chi connectivity index (χ0n) is 21.6. The molecule has 1 fully saturated rings. The van der Waals surface area contributed by atoms with Gasteiger partial charge >= 0.3 is 11.8 Å². The summed E-state index contributed by atoms with van der Waals surface area (Å²) in [5, 5.41) is 0. The smallest absolute Gasteiger partial charge is 0.423 e. The number of carbonyl (C=O) groups is 1. The number of imidazole rings is 1. The molecule has 0 saturated heterocycles. The monoisotopic (exact) mass is 501 g/mol. The van der Waals surface area contributed by atoms with Crippen molar-refractivity contribution in [3.63, 3.8) is 0 Å². The van der Waals surface area contributed by atoms with Crippen molar-refractivity contribution in [2.24, 2.45) is 0 Å². The number of methoxy groups -OCH3 is 1. The summed E-state index contributed by atoms with van der Waals surface area (Å²) < 4.78 is 19.7. The molecule has 0 bridgehead atoms. The second-order valence-corrected chi connectivity index (χ2v) is 10.2. The highest BCUT2D eigenvalue weighted by atomic mass is 16.6. The zero-order chi connectivity index (χ0) is 26.2. The molecule has 8 nitrogen and oxygen atoms in total. The molecule has 4 aromatic rings. The third-order valence-electron chi connectivity index (χ3n) is 6.39. The first-order chi connectivity index (χ1) is 17.7. The van der Waals surface area contributed by atoms with Gasteiger partial charge in [0.25, 0.3) is 0 Å². The van der Waals surface area contributed by atoms with E-state index in [9.17, 15) is 9.59 Å². The summed E-state index contributed by atoms with van der Waals surface area (Å²) in [6.07, 6.45) is 5.66. The second kappa shape index (κ2) is 9.76. The Hall–Kier alpha value is -4.07. The van der Waals surface area contributed by atoms with Crippen LogP contribution in [0, 0.1) is 0 Å². The number of para-hydroxylation sites is 2. The Bertz CT molecular complexity index is 1490. The van der Waals surface area contributed by atoms with Gasteiger partial charge in [-0.3, -0.25) is 0 Å². The van der Waals surface area contributed by atoms with Gasteiger partial charge in [0.2, 0.25) is 0 Å². The number of hydrogen-bond acceptors (Lipinski definition) is 6. The molecule has 2 heterocycles. The predicted octanol–water partition coefficient (Wildman–Crippen LogP) is 5.97. The van der Waals surface area contributed by atoms with Gasteiger partial charge in [0.05, 0.1) is 24.2 Å². The first-order valence-electron chi connectivity index (χ1n) is 12.5. The van der Waals surface area contributed by atoms with Crippen molar-refractivity contribution >= 4 is 17.1 Å². The number of rotatable bonds is 5. The molecule has 37 heavy (non-hydrogen) atoms. The number of nitrogens with zero attached hydrogens (tertiary/aromatic N) is 3. The third-order valence-corrected chi connectivity index (χ3v) is 6.39. The molecule has 192 valence electrons. The standard InChI is InChI=1S/C29H31N3O5/c1-29(2,3)37-28(34)32-23-12-8-7-11-22(23)31(27(32)33)26-16-14-20(18-30-26)19-13-15-24(35-4)25(17-19)36-21-9-5-6-10-21/h7-8,11-18,21H,5-6,9-10H2,1-4H3. The van der Waals surface area contributed by atoms with Crippen molar-refractivity contribution in [2.45, 2.75) is 58.2 Å². The summed E-state index contributed by atoms with van der Waals surface area (Å²) >= 11 is 0. The van der Waals surface area contributed by atoms with E-state index in [1.54, 1.807) is 58.3 Å². The Labute approximate surface area is 215 Å². The Morgan fingerprint density at radius 2 is 1.65 bits per heavy atom. The Morgan fingerprint density at radius 3 is 2.30 bits per heavy atom. The van der Waals surface area contributed by atoms with E-state index in [0.29, 0.717) is 28.4 Å². The molecule has 0 radical (unpaired) electrons. The first kappa shape index (κ1) is 24.6. The highest BCUT2D eigenvalue weighted by molar-refractivity contribution is 5.88. The predicted molar refractivity (Wildman–Crippen MR) is 142 cm³/mol. The number of pyridine rings is 1. The van der Waals surface area contributed by atoms with E-state index in [-0.39, 0.29) is 6.10 Å². The van der Waals surface area contributed by atoms with E-state index in [1.807, 2.05) is 30.3 Å². The van der Waals surface area contributed by atoms with Crippen LogP contribution in [0.3, 0.4) is 0 Å². The quantitative estimate of drug-likeness (QED) is 0.335. The van der Waals surface area contributed by atoms with Crippen molar-refractivity contribution in [3.05, 3.63) is 71.3 Å². The molecule has 2 aromatic heterocycles. The van der Waals surface area contributed by atoms with Crippen LogP contribution in [0.4, 0.5) is 4.79 Å². The maximum absolute atomic E-state index is 13.4. The highest BCUT2D eigenvalue weighted by Gasteiger charge is 2.25. The number of hydrogen-bond donors (Lipinski definition) is 0. The van der Waals surface area contributed by atoms with E-state index < -0.39 is 17.4 Å². The largest absolute Gasteiger partial charge is 0.493 e. The van der Waals surface area contributed by atoms with Crippen LogP contribution in [0.1, 0.15) is 46.5 Å². The van der Waals surface area contributed by atoms with Gasteiger partial charge in [0, 0.05) is 11.8 Å². The van der Waals surface area contributed by atoms with E-state index >= 15 is 0 Å². The fourth-order valence-electron chi connectivity index (χ4n) is 4.68. The zero-order valence-corrected chi connectivity index (χ0v) is 21.6. The molecule has 0 spiro atoms. The summed E-state index contributed by atoms with van der Waals surface area (Å²) in [6, 6.07) is 16.6. The fraction of sp³-hybridized carbons (Fsp3) is 0.345. The van der Waals surface area contributed by atoms with Crippen molar-refractivity contribution in [1.29, 1.82) is 0 Å². The summed E-state index contributed by atoms with van der Waals surface area (Å²) in [5.74, 6) is 1.82. The second-order valence-electron chi connectivity index (χ2n) is 10.2. The molecular formula is C29H31N3O5. The van der Waals surface area contributed by atoms with Gasteiger partial charge < -0.3 is 14.2 Å². The van der Waals surface area contributed by atoms with Crippen LogP contribution in [0.2, 0.25) is 0 Å². The minimum absolute atomic E-state index is 0.207. The highest BCUT2D eigenvalue weighted by Crippen LogP contribution is 2.35. The van der Waals surface area contributed by atoms with Crippen molar-refractivity contribution in [2.75, 3.05) is 7.11 Å². The fourth-order valence-corrected chi connectivity index (χ4v) is 4.68. The molecule has 8 heteroatoms. The van der Waals surface area contributed by atoms with E-state index in [2.05, 4.69) is 4.98 Å². The average molecular weight is 502 g/mol. The Morgan fingerprint density at radius 1 is 0.946 bits per heavy atom. The molecule has 1 aliphatic carbocycles. The summed E-state index contributed by atoms with van der Waals surface area (Å²) in [5.41, 5.74) is 1.54. The number of ether oxygens (including phenoxy) is 3. The number of carbonyl (C=O) groups excluding carboxylic acids is 1. The van der Waals surface area contributed by atoms with Crippen molar-refractivity contribution in [3.8, 4) is 28.4 Å². The van der Waals surface area contributed by atoms with Gasteiger partial charge in [-0.05, 0) is 88.4 Å². The van der Waals surface area contributed by atoms with Crippen LogP contribution in [-0.2, 0) is 4.74 Å². The first-order valence-corrected chi connectivity index (χ1v) is 12.5. The topological polar surface area (TPSA) is 84.6 Å². The van der Waals surface area contributed by atoms with Gasteiger partial charge in [-0.1, -0.05) is 18.2 Å². The molecule has 5 rings (SSSR count). The van der Waals surface area contributed by atoms with E-state index in [4.69, 9.17) is 14.2 Å². The molecule has 0 unspecified atom stereocenters. The lowest BCUT2D eigenvalue weighted by Gasteiger charge is -2.19. The van der Waals surface area contributed by atoms with Gasteiger partial charge in [0.1, 0.15) is 11.4 Å². The lowest BCUT2D eigenvalue weighted by Crippen LogP contribution is -2.34. The Balaban J connectivity index is 1.50. The molecule has 0 aliphatic heterocycles. The van der Waals surface area contributed by atoms with E-state index in [1.165, 1.54) is 17.4 Å². The SMILES string of the molecule is COc1ccc(-c2ccc(-n3c(=O)n(C(=O)OC(C)(C)C)c4ccccc43)nc2)cc1OC1CCCC1. The van der Waals surface area contributed by atoms with E-state index in [0.717, 1.165) is 28.5 Å². The third kappa shape index (κ3) is 4.96. The molecule has 2 aromatic carbocycles. The van der Waals surface area contributed by atoms with Gasteiger partial charge in [-0.2, -0.15) is 4.57 Å².